The molecule has 1 aliphatic carbocycles. The third kappa shape index (κ3) is 2.38. The lowest BCUT2D eigenvalue weighted by Gasteiger charge is -2.36. The van der Waals surface area contributed by atoms with Gasteiger partial charge in [0.2, 0.25) is 5.91 Å². The topological polar surface area (TPSA) is 85.8 Å². The average Bonchev–Trinajstić information content (AvgIpc) is 2.73. The summed E-state index contributed by atoms with van der Waals surface area (Å²) in [5.74, 6) is -0.0164. The summed E-state index contributed by atoms with van der Waals surface area (Å²) in [4.78, 5) is 11.6. The maximum absolute atomic E-state index is 11.6. The Hall–Kier alpha value is -1.43. The fourth-order valence-corrected chi connectivity index (χ4v) is 1.76. The second-order valence-corrected chi connectivity index (χ2v) is 4.29. The fraction of sp³-hybridized carbons (Fsp3) is 0.700. The summed E-state index contributed by atoms with van der Waals surface area (Å²) in [5, 5.41) is 10.4. The van der Waals surface area contributed by atoms with E-state index in [0.717, 1.165) is 32.2 Å². The minimum atomic E-state index is -0.590. The molecular formula is C10H17N5O. The maximum Gasteiger partial charge on any atom is 0.240 e. The number of nitrogens with zero attached hydrogens (tertiary/aromatic N) is 3. The van der Waals surface area contributed by atoms with Crippen LogP contribution in [-0.2, 0) is 11.3 Å². The zero-order chi connectivity index (χ0) is 11.4. The van der Waals surface area contributed by atoms with Gasteiger partial charge < -0.3 is 11.1 Å². The van der Waals surface area contributed by atoms with Crippen LogP contribution in [0.25, 0.3) is 0 Å². The first kappa shape index (κ1) is 11.1. The highest BCUT2D eigenvalue weighted by atomic mass is 16.2. The van der Waals surface area contributed by atoms with Crippen molar-refractivity contribution >= 4 is 5.91 Å². The van der Waals surface area contributed by atoms with Crippen LogP contribution in [-0.4, -0.2) is 33.0 Å². The minimum Gasteiger partial charge on any atom is -0.354 e. The van der Waals surface area contributed by atoms with E-state index in [9.17, 15) is 4.79 Å². The Morgan fingerprint density at radius 1 is 1.56 bits per heavy atom. The van der Waals surface area contributed by atoms with E-state index < -0.39 is 5.54 Å². The summed E-state index contributed by atoms with van der Waals surface area (Å²) in [7, 11) is 0. The molecule has 1 saturated carbocycles. The molecule has 0 atom stereocenters. The lowest BCUT2D eigenvalue weighted by atomic mass is 9.77. The molecule has 1 heterocycles. The van der Waals surface area contributed by atoms with Crippen LogP contribution in [0.15, 0.2) is 12.4 Å². The third-order valence-electron chi connectivity index (χ3n) is 3.02. The van der Waals surface area contributed by atoms with E-state index in [0.29, 0.717) is 6.54 Å². The van der Waals surface area contributed by atoms with Gasteiger partial charge in [-0.2, -0.15) is 0 Å². The van der Waals surface area contributed by atoms with E-state index >= 15 is 0 Å². The molecule has 6 heteroatoms. The number of amides is 1. The van der Waals surface area contributed by atoms with Crippen LogP contribution in [0.2, 0.25) is 0 Å². The molecule has 16 heavy (non-hydrogen) atoms. The van der Waals surface area contributed by atoms with Crippen molar-refractivity contribution in [3.05, 3.63) is 12.4 Å². The Kier molecular flexibility index (Phi) is 3.19. The highest BCUT2D eigenvalue weighted by molar-refractivity contribution is 5.86. The zero-order valence-corrected chi connectivity index (χ0v) is 9.22. The highest BCUT2D eigenvalue weighted by Gasteiger charge is 2.39. The van der Waals surface area contributed by atoms with Crippen molar-refractivity contribution in [1.82, 2.24) is 20.3 Å². The summed E-state index contributed by atoms with van der Waals surface area (Å²) < 4.78 is 1.74. The van der Waals surface area contributed by atoms with Gasteiger partial charge in [0, 0.05) is 19.3 Å². The van der Waals surface area contributed by atoms with Crippen LogP contribution in [0.3, 0.4) is 0 Å². The number of aryl methyl sites for hydroxylation is 1. The smallest absolute Gasteiger partial charge is 0.240 e. The van der Waals surface area contributed by atoms with Crippen LogP contribution >= 0.6 is 0 Å². The molecule has 1 aromatic heterocycles. The number of rotatable bonds is 5. The lowest BCUT2D eigenvalue weighted by Crippen LogP contribution is -2.58. The van der Waals surface area contributed by atoms with Crippen molar-refractivity contribution < 1.29 is 4.79 Å². The van der Waals surface area contributed by atoms with Crippen molar-refractivity contribution in [2.45, 2.75) is 37.8 Å². The quantitative estimate of drug-likeness (QED) is 0.669. The standard InChI is InChI=1S/C10H17N5O/c11-10(3-1-4-10)9(16)12-5-2-7-15-8-6-13-14-15/h6,8H,1-5,7,11H2,(H,12,16). The molecule has 1 fully saturated rings. The van der Waals surface area contributed by atoms with Gasteiger partial charge in [0.25, 0.3) is 0 Å². The molecule has 0 spiro atoms. The van der Waals surface area contributed by atoms with Crippen LogP contribution in [0, 0.1) is 0 Å². The van der Waals surface area contributed by atoms with Crippen molar-refractivity contribution in [3.8, 4) is 0 Å². The number of carbonyl (C=O) groups excluding carboxylic acids is 1. The van der Waals surface area contributed by atoms with Crippen molar-refractivity contribution in [3.63, 3.8) is 0 Å². The van der Waals surface area contributed by atoms with Crippen LogP contribution in [0.4, 0.5) is 0 Å². The monoisotopic (exact) mass is 223 g/mol. The van der Waals surface area contributed by atoms with Gasteiger partial charge in [0.05, 0.1) is 11.7 Å². The van der Waals surface area contributed by atoms with Crippen molar-refractivity contribution in [2.75, 3.05) is 6.54 Å². The Morgan fingerprint density at radius 3 is 2.94 bits per heavy atom. The molecular weight excluding hydrogens is 206 g/mol. The zero-order valence-electron chi connectivity index (χ0n) is 9.22. The normalized spacial score (nSPS) is 17.8. The molecule has 0 aliphatic heterocycles. The molecule has 3 N–H and O–H groups in total. The molecule has 0 bridgehead atoms. The predicted molar refractivity (Wildman–Crippen MR) is 58.4 cm³/mol. The van der Waals surface area contributed by atoms with Crippen LogP contribution < -0.4 is 11.1 Å². The van der Waals surface area contributed by atoms with Crippen molar-refractivity contribution in [2.24, 2.45) is 5.73 Å². The SMILES string of the molecule is NC1(C(=O)NCCCn2ccnn2)CCC1. The lowest BCUT2D eigenvalue weighted by molar-refractivity contribution is -0.129. The third-order valence-corrected chi connectivity index (χ3v) is 3.02. The first-order valence-corrected chi connectivity index (χ1v) is 5.62. The van der Waals surface area contributed by atoms with E-state index in [4.69, 9.17) is 5.73 Å². The van der Waals surface area contributed by atoms with Gasteiger partial charge in [-0.25, -0.2) is 0 Å². The molecule has 0 radical (unpaired) electrons. The Morgan fingerprint density at radius 2 is 2.38 bits per heavy atom. The number of hydrogen-bond donors (Lipinski definition) is 2. The molecule has 1 aliphatic rings. The van der Waals surface area contributed by atoms with Crippen LogP contribution in [0.5, 0.6) is 0 Å². The van der Waals surface area contributed by atoms with E-state index in [2.05, 4.69) is 15.6 Å². The van der Waals surface area contributed by atoms with Gasteiger partial charge >= 0.3 is 0 Å². The van der Waals surface area contributed by atoms with E-state index in [1.165, 1.54) is 0 Å². The Bertz CT molecular complexity index is 344. The Balaban J connectivity index is 1.63. The van der Waals surface area contributed by atoms with Gasteiger partial charge in [-0.3, -0.25) is 9.48 Å². The number of aromatic nitrogens is 3. The Labute approximate surface area is 94.2 Å². The van der Waals surface area contributed by atoms with Gasteiger partial charge in [-0.05, 0) is 25.7 Å². The average molecular weight is 223 g/mol. The molecule has 1 aromatic rings. The molecule has 0 saturated heterocycles. The van der Waals surface area contributed by atoms with Crippen LogP contribution in [0.1, 0.15) is 25.7 Å². The van der Waals surface area contributed by atoms with Gasteiger partial charge in [-0.15, -0.1) is 5.10 Å². The molecule has 2 rings (SSSR count). The fourth-order valence-electron chi connectivity index (χ4n) is 1.76. The summed E-state index contributed by atoms with van der Waals surface area (Å²) in [5.41, 5.74) is 5.29. The number of nitrogens with two attached hydrogens (primary N) is 1. The summed E-state index contributed by atoms with van der Waals surface area (Å²) >= 11 is 0. The summed E-state index contributed by atoms with van der Waals surface area (Å²) in [6.45, 7) is 1.40. The minimum absolute atomic E-state index is 0.0164. The maximum atomic E-state index is 11.6. The van der Waals surface area contributed by atoms with Gasteiger partial charge in [-0.1, -0.05) is 5.21 Å². The number of hydrogen-bond acceptors (Lipinski definition) is 4. The largest absolute Gasteiger partial charge is 0.354 e. The number of nitrogens with one attached hydrogen (secondary N) is 1. The van der Waals surface area contributed by atoms with Gasteiger partial charge in [0.15, 0.2) is 0 Å². The molecule has 0 aromatic carbocycles. The summed E-state index contributed by atoms with van der Waals surface area (Å²) in [6.07, 6.45) is 6.96. The molecule has 88 valence electrons. The summed E-state index contributed by atoms with van der Waals surface area (Å²) in [6, 6.07) is 0. The van der Waals surface area contributed by atoms with Crippen molar-refractivity contribution in [1.29, 1.82) is 0 Å². The first-order valence-electron chi connectivity index (χ1n) is 5.62. The van der Waals surface area contributed by atoms with E-state index in [1.807, 2.05) is 0 Å². The molecule has 1 amide bonds. The molecule has 6 nitrogen and oxygen atoms in total. The first-order chi connectivity index (χ1) is 7.71. The second-order valence-electron chi connectivity index (χ2n) is 4.29. The predicted octanol–water partition coefficient (Wildman–Crippen LogP) is -0.334. The van der Waals surface area contributed by atoms with E-state index in [-0.39, 0.29) is 5.91 Å². The highest BCUT2D eigenvalue weighted by Crippen LogP contribution is 2.28. The molecule has 0 unspecified atom stereocenters. The van der Waals surface area contributed by atoms with Gasteiger partial charge in [0.1, 0.15) is 0 Å². The number of carbonyl (C=O) groups is 1. The van der Waals surface area contributed by atoms with E-state index in [1.54, 1.807) is 17.1 Å². The second kappa shape index (κ2) is 4.61.